The summed E-state index contributed by atoms with van der Waals surface area (Å²) in [7, 11) is 0. The van der Waals surface area contributed by atoms with Gasteiger partial charge in [-0.05, 0) is 43.9 Å². The first-order chi connectivity index (χ1) is 9.02. The third-order valence-corrected chi connectivity index (χ3v) is 4.41. The number of carbonyl (C=O) groups is 2. The molecule has 0 radical (unpaired) electrons. The average molecular weight is 267 g/mol. The number of hydrogen-bond acceptors (Lipinski definition) is 2. The summed E-state index contributed by atoms with van der Waals surface area (Å²) >= 11 is 0. The lowest BCUT2D eigenvalue weighted by Crippen LogP contribution is -2.40. The zero-order chi connectivity index (χ0) is 14.0. The van der Waals surface area contributed by atoms with Crippen LogP contribution in [-0.2, 0) is 9.59 Å². The number of nitrogens with zero attached hydrogens (tertiary/aromatic N) is 1. The van der Waals surface area contributed by atoms with Gasteiger partial charge in [0.2, 0.25) is 5.91 Å². The molecule has 0 bridgehead atoms. The summed E-state index contributed by atoms with van der Waals surface area (Å²) in [5.74, 6) is -0.466. The highest BCUT2D eigenvalue weighted by Gasteiger charge is 2.43. The van der Waals surface area contributed by atoms with E-state index in [0.717, 1.165) is 25.9 Å². The minimum absolute atomic E-state index is 0.0884. The van der Waals surface area contributed by atoms with Gasteiger partial charge in [0.1, 0.15) is 0 Å². The van der Waals surface area contributed by atoms with E-state index in [0.29, 0.717) is 18.3 Å². The van der Waals surface area contributed by atoms with Gasteiger partial charge in [0.05, 0.1) is 11.8 Å². The van der Waals surface area contributed by atoms with Crippen molar-refractivity contribution in [2.45, 2.75) is 46.0 Å². The monoisotopic (exact) mass is 267 g/mol. The normalized spacial score (nSPS) is 30.3. The van der Waals surface area contributed by atoms with Gasteiger partial charge in [-0.15, -0.1) is 0 Å². The molecule has 2 rings (SSSR count). The van der Waals surface area contributed by atoms with E-state index in [4.69, 9.17) is 0 Å². The van der Waals surface area contributed by atoms with Gasteiger partial charge in [-0.2, -0.15) is 0 Å². The largest absolute Gasteiger partial charge is 0.481 e. The van der Waals surface area contributed by atoms with E-state index < -0.39 is 11.9 Å². The van der Waals surface area contributed by atoms with Crippen molar-refractivity contribution < 1.29 is 14.7 Å². The van der Waals surface area contributed by atoms with Crippen LogP contribution in [0, 0.1) is 23.7 Å². The molecule has 4 nitrogen and oxygen atoms in total. The van der Waals surface area contributed by atoms with Gasteiger partial charge >= 0.3 is 5.97 Å². The van der Waals surface area contributed by atoms with Crippen LogP contribution in [0.25, 0.3) is 0 Å². The molecule has 108 valence electrons. The number of carboxylic acids is 1. The van der Waals surface area contributed by atoms with Gasteiger partial charge < -0.3 is 10.0 Å². The Morgan fingerprint density at radius 1 is 1.21 bits per heavy atom. The number of amides is 1. The molecule has 2 aliphatic rings. The lowest BCUT2D eigenvalue weighted by Gasteiger charge is -2.27. The van der Waals surface area contributed by atoms with Crippen LogP contribution in [0.1, 0.15) is 46.0 Å². The van der Waals surface area contributed by atoms with Crippen molar-refractivity contribution in [3.05, 3.63) is 0 Å². The van der Waals surface area contributed by atoms with E-state index in [9.17, 15) is 14.7 Å². The Morgan fingerprint density at radius 3 is 2.37 bits per heavy atom. The molecule has 2 aliphatic carbocycles. The van der Waals surface area contributed by atoms with Crippen molar-refractivity contribution in [1.29, 1.82) is 0 Å². The number of aliphatic carboxylic acids is 1. The molecule has 3 atom stereocenters. The van der Waals surface area contributed by atoms with E-state index in [2.05, 4.69) is 6.92 Å². The van der Waals surface area contributed by atoms with E-state index in [1.165, 1.54) is 12.8 Å². The van der Waals surface area contributed by atoms with Crippen LogP contribution in [0.2, 0.25) is 0 Å². The minimum atomic E-state index is -0.800. The second-order valence-electron chi connectivity index (χ2n) is 6.36. The maximum Gasteiger partial charge on any atom is 0.307 e. The Kier molecular flexibility index (Phi) is 4.48. The topological polar surface area (TPSA) is 57.6 Å². The molecule has 1 amide bonds. The van der Waals surface area contributed by atoms with Crippen LogP contribution in [0.5, 0.6) is 0 Å². The standard InChI is InChI=1S/C15H25NO3/c1-3-6-16(9-11-4-5-11)14(17)12-7-10(2)8-13(12)15(18)19/h10-13H,3-9H2,1-2H3,(H,18,19)/t10?,12-,13+/m0/s1. The first-order valence-electron chi connectivity index (χ1n) is 7.54. The lowest BCUT2D eigenvalue weighted by molar-refractivity contribution is -0.149. The van der Waals surface area contributed by atoms with Crippen molar-refractivity contribution in [3.8, 4) is 0 Å². The molecule has 0 aliphatic heterocycles. The molecule has 0 aromatic rings. The SMILES string of the molecule is CCCN(CC1CC1)C(=O)[C@H]1CC(C)C[C@H]1C(=O)O. The highest BCUT2D eigenvalue weighted by Crippen LogP contribution is 2.38. The van der Waals surface area contributed by atoms with E-state index in [1.54, 1.807) is 0 Å². The molecule has 1 N–H and O–H groups in total. The second-order valence-corrected chi connectivity index (χ2v) is 6.36. The molecule has 1 unspecified atom stereocenters. The number of hydrogen-bond donors (Lipinski definition) is 1. The third kappa shape index (κ3) is 3.48. The van der Waals surface area contributed by atoms with Gasteiger partial charge in [0, 0.05) is 13.1 Å². The Morgan fingerprint density at radius 2 is 1.84 bits per heavy atom. The average Bonchev–Trinajstić information content (AvgIpc) is 3.08. The molecule has 2 saturated carbocycles. The van der Waals surface area contributed by atoms with Gasteiger partial charge in [-0.3, -0.25) is 9.59 Å². The number of rotatable bonds is 6. The fraction of sp³-hybridized carbons (Fsp3) is 0.867. The first-order valence-corrected chi connectivity index (χ1v) is 7.54. The Hall–Kier alpha value is -1.06. The summed E-state index contributed by atoms with van der Waals surface area (Å²) in [5.41, 5.74) is 0. The molecular formula is C15H25NO3. The molecule has 0 heterocycles. The molecule has 0 aromatic carbocycles. The van der Waals surface area contributed by atoms with E-state index in [-0.39, 0.29) is 11.8 Å². The van der Waals surface area contributed by atoms with Crippen LogP contribution in [-0.4, -0.2) is 35.0 Å². The van der Waals surface area contributed by atoms with Crippen LogP contribution >= 0.6 is 0 Å². The highest BCUT2D eigenvalue weighted by atomic mass is 16.4. The predicted octanol–water partition coefficient (Wildman–Crippen LogP) is 2.38. The summed E-state index contributed by atoms with van der Waals surface area (Å²) in [5, 5.41) is 9.29. The van der Waals surface area contributed by atoms with Crippen LogP contribution < -0.4 is 0 Å². The fourth-order valence-corrected chi connectivity index (χ4v) is 3.25. The van der Waals surface area contributed by atoms with Crippen molar-refractivity contribution in [3.63, 3.8) is 0 Å². The van der Waals surface area contributed by atoms with Crippen LogP contribution in [0.3, 0.4) is 0 Å². The predicted molar refractivity (Wildman–Crippen MR) is 72.6 cm³/mol. The Balaban J connectivity index is 2.03. The maximum absolute atomic E-state index is 12.6. The second kappa shape index (κ2) is 5.93. The third-order valence-electron chi connectivity index (χ3n) is 4.41. The van der Waals surface area contributed by atoms with Crippen molar-refractivity contribution in [1.82, 2.24) is 4.90 Å². The molecule has 4 heteroatoms. The zero-order valence-electron chi connectivity index (χ0n) is 12.0. The molecule has 0 spiro atoms. The summed E-state index contributed by atoms with van der Waals surface area (Å²) in [6.07, 6.45) is 4.77. The Labute approximate surface area is 115 Å². The van der Waals surface area contributed by atoms with Crippen molar-refractivity contribution in [2.24, 2.45) is 23.7 Å². The Bertz CT molecular complexity index is 351. The van der Waals surface area contributed by atoms with E-state index >= 15 is 0 Å². The minimum Gasteiger partial charge on any atom is -0.481 e. The fourth-order valence-electron chi connectivity index (χ4n) is 3.25. The molecule has 19 heavy (non-hydrogen) atoms. The summed E-state index contributed by atoms with van der Waals surface area (Å²) in [4.78, 5) is 25.9. The quantitative estimate of drug-likeness (QED) is 0.804. The maximum atomic E-state index is 12.6. The summed E-state index contributed by atoms with van der Waals surface area (Å²) < 4.78 is 0. The zero-order valence-corrected chi connectivity index (χ0v) is 12.0. The summed E-state index contributed by atoms with van der Waals surface area (Å²) in [6, 6.07) is 0. The molecule has 0 saturated heterocycles. The molecule has 2 fully saturated rings. The summed E-state index contributed by atoms with van der Waals surface area (Å²) in [6.45, 7) is 5.73. The van der Waals surface area contributed by atoms with Crippen LogP contribution in [0.4, 0.5) is 0 Å². The van der Waals surface area contributed by atoms with Gasteiger partial charge in [0.15, 0.2) is 0 Å². The van der Waals surface area contributed by atoms with Crippen molar-refractivity contribution >= 4 is 11.9 Å². The van der Waals surface area contributed by atoms with Crippen LogP contribution in [0.15, 0.2) is 0 Å². The first kappa shape index (κ1) is 14.4. The smallest absolute Gasteiger partial charge is 0.307 e. The lowest BCUT2D eigenvalue weighted by atomic mass is 9.94. The van der Waals surface area contributed by atoms with Crippen molar-refractivity contribution in [2.75, 3.05) is 13.1 Å². The van der Waals surface area contributed by atoms with Gasteiger partial charge in [0.25, 0.3) is 0 Å². The highest BCUT2D eigenvalue weighted by molar-refractivity contribution is 5.85. The van der Waals surface area contributed by atoms with E-state index in [1.807, 2.05) is 11.8 Å². The number of carboxylic acid groups (broad SMARTS) is 1. The van der Waals surface area contributed by atoms with Gasteiger partial charge in [-0.1, -0.05) is 13.8 Å². The van der Waals surface area contributed by atoms with Gasteiger partial charge in [-0.25, -0.2) is 0 Å². The molecular weight excluding hydrogens is 242 g/mol. The number of carbonyl (C=O) groups excluding carboxylic acids is 1. The molecule has 0 aromatic heterocycles.